The molecule has 0 aliphatic carbocycles. The first-order valence-corrected chi connectivity index (χ1v) is 6.79. The summed E-state index contributed by atoms with van der Waals surface area (Å²) in [4.78, 5) is 16.1. The van der Waals surface area contributed by atoms with Crippen LogP contribution in [0.5, 0.6) is 0 Å². The smallest absolute Gasteiger partial charge is 0.242 e. The molecule has 0 spiro atoms. The first-order chi connectivity index (χ1) is 9.67. The number of nitrogens with two attached hydrogens (primary N) is 1. The molecule has 1 aromatic rings. The van der Waals surface area contributed by atoms with Gasteiger partial charge in [-0.3, -0.25) is 4.79 Å². The van der Waals surface area contributed by atoms with E-state index in [4.69, 9.17) is 5.73 Å². The van der Waals surface area contributed by atoms with E-state index in [-0.39, 0.29) is 5.91 Å². The number of benzene rings is 1. The largest absolute Gasteiger partial charge is 0.397 e. The fraction of sp³-hybridized carbons (Fsp3) is 0.312. The Morgan fingerprint density at radius 1 is 1.35 bits per heavy atom. The topological polar surface area (TPSA) is 49.6 Å². The fourth-order valence-electron chi connectivity index (χ4n) is 2.58. The molecule has 0 saturated carbocycles. The monoisotopic (exact) mass is 271 g/mol. The van der Waals surface area contributed by atoms with Crippen LogP contribution in [0.4, 0.5) is 11.4 Å². The van der Waals surface area contributed by atoms with Gasteiger partial charge in [-0.1, -0.05) is 24.3 Å². The average Bonchev–Trinajstić information content (AvgIpc) is 2.83. The number of hydrogen-bond donors (Lipinski definition) is 1. The van der Waals surface area contributed by atoms with Crippen LogP contribution >= 0.6 is 0 Å². The molecule has 0 radical (unpaired) electrons. The predicted molar refractivity (Wildman–Crippen MR) is 83.7 cm³/mol. The number of rotatable bonds is 6. The van der Waals surface area contributed by atoms with E-state index in [9.17, 15) is 4.79 Å². The van der Waals surface area contributed by atoms with Gasteiger partial charge in [0.15, 0.2) is 0 Å². The Balaban J connectivity index is 2.10. The van der Waals surface area contributed by atoms with Crippen LogP contribution in [-0.4, -0.2) is 37.0 Å². The van der Waals surface area contributed by atoms with Crippen molar-refractivity contribution in [1.29, 1.82) is 0 Å². The van der Waals surface area contributed by atoms with Gasteiger partial charge >= 0.3 is 0 Å². The number of hydrogen-bond acceptors (Lipinski definition) is 3. The predicted octanol–water partition coefficient (Wildman–Crippen LogP) is 1.83. The molecule has 0 aromatic heterocycles. The number of para-hydroxylation sites is 1. The van der Waals surface area contributed by atoms with Crippen molar-refractivity contribution >= 4 is 17.3 Å². The van der Waals surface area contributed by atoms with Gasteiger partial charge in [0.1, 0.15) is 0 Å². The molecule has 2 rings (SSSR count). The summed E-state index contributed by atoms with van der Waals surface area (Å²) in [6, 6.07) is 5.91. The number of carbonyl (C=O) groups excluding carboxylic acids is 1. The molecule has 4 nitrogen and oxygen atoms in total. The molecule has 20 heavy (non-hydrogen) atoms. The lowest BCUT2D eigenvalue weighted by atomic mass is 10.1. The minimum Gasteiger partial charge on any atom is -0.397 e. The minimum absolute atomic E-state index is 0.0703. The number of anilines is 2. The van der Waals surface area contributed by atoms with Gasteiger partial charge in [-0.2, -0.15) is 0 Å². The van der Waals surface area contributed by atoms with Gasteiger partial charge in [-0.25, -0.2) is 0 Å². The molecule has 2 N–H and O–H groups in total. The summed E-state index contributed by atoms with van der Waals surface area (Å²) in [6.45, 7) is 9.63. The summed E-state index contributed by atoms with van der Waals surface area (Å²) < 4.78 is 0. The van der Waals surface area contributed by atoms with Crippen molar-refractivity contribution in [1.82, 2.24) is 4.90 Å². The molecule has 1 heterocycles. The molecule has 0 atom stereocenters. The lowest BCUT2D eigenvalue weighted by molar-refractivity contribution is -0.128. The molecule has 0 fully saturated rings. The summed E-state index contributed by atoms with van der Waals surface area (Å²) >= 11 is 0. The summed E-state index contributed by atoms with van der Waals surface area (Å²) in [5.41, 5.74) is 9.01. The van der Waals surface area contributed by atoms with E-state index < -0.39 is 0 Å². The van der Waals surface area contributed by atoms with Crippen LogP contribution in [0.2, 0.25) is 0 Å². The molecule has 1 amide bonds. The van der Waals surface area contributed by atoms with Gasteiger partial charge in [0.2, 0.25) is 5.91 Å². The van der Waals surface area contributed by atoms with Crippen molar-refractivity contribution < 1.29 is 4.79 Å². The lowest BCUT2D eigenvalue weighted by Crippen LogP contribution is -2.40. The summed E-state index contributed by atoms with van der Waals surface area (Å²) in [5, 5.41) is 0. The van der Waals surface area contributed by atoms with Crippen LogP contribution in [0.15, 0.2) is 43.5 Å². The molecule has 4 heteroatoms. The Morgan fingerprint density at radius 2 is 2.05 bits per heavy atom. The number of fused-ring (bicyclic) bond motifs is 1. The molecule has 0 bridgehead atoms. The van der Waals surface area contributed by atoms with Gasteiger partial charge in [0.25, 0.3) is 0 Å². The van der Waals surface area contributed by atoms with Crippen molar-refractivity contribution in [3.63, 3.8) is 0 Å². The van der Waals surface area contributed by atoms with E-state index in [1.165, 1.54) is 5.56 Å². The highest BCUT2D eigenvalue weighted by Crippen LogP contribution is 2.33. The second kappa shape index (κ2) is 6.28. The van der Waals surface area contributed by atoms with E-state index in [0.717, 1.165) is 24.3 Å². The van der Waals surface area contributed by atoms with Gasteiger partial charge in [-0.15, -0.1) is 13.2 Å². The first-order valence-electron chi connectivity index (χ1n) is 6.79. The molecule has 0 saturated heterocycles. The Morgan fingerprint density at radius 3 is 2.70 bits per heavy atom. The second-order valence-electron chi connectivity index (χ2n) is 4.90. The Hall–Kier alpha value is -2.23. The zero-order chi connectivity index (χ0) is 14.5. The van der Waals surface area contributed by atoms with E-state index in [0.29, 0.717) is 19.6 Å². The molecule has 0 unspecified atom stereocenters. The van der Waals surface area contributed by atoms with E-state index in [1.807, 2.05) is 12.1 Å². The zero-order valence-corrected chi connectivity index (χ0v) is 11.7. The Kier molecular flexibility index (Phi) is 4.45. The van der Waals surface area contributed by atoms with E-state index in [1.54, 1.807) is 17.1 Å². The Labute approximate surface area is 120 Å². The molecular formula is C16H21N3O. The molecule has 1 aliphatic rings. The third kappa shape index (κ3) is 2.85. The van der Waals surface area contributed by atoms with E-state index >= 15 is 0 Å². The van der Waals surface area contributed by atoms with Crippen LogP contribution in [-0.2, 0) is 11.2 Å². The maximum Gasteiger partial charge on any atom is 0.242 e. The highest BCUT2D eigenvalue weighted by Gasteiger charge is 2.24. The summed E-state index contributed by atoms with van der Waals surface area (Å²) in [5.74, 6) is 0.0703. The number of carbonyl (C=O) groups is 1. The van der Waals surface area contributed by atoms with Crippen molar-refractivity contribution in [2.24, 2.45) is 0 Å². The molecule has 106 valence electrons. The van der Waals surface area contributed by atoms with Gasteiger partial charge in [0, 0.05) is 19.6 Å². The number of nitrogen functional groups attached to an aromatic ring is 1. The van der Waals surface area contributed by atoms with Gasteiger partial charge in [-0.05, 0) is 18.1 Å². The standard InChI is InChI=1S/C16H21N3O/c1-3-9-18(10-4-2)15(20)12-19-11-8-13-6-5-7-14(17)16(13)19/h3-7H,1-2,8-12,17H2. The number of nitrogens with zero attached hydrogens (tertiary/aromatic N) is 2. The SMILES string of the molecule is C=CCN(CC=C)C(=O)CN1CCc2cccc(N)c21. The third-order valence-corrected chi connectivity index (χ3v) is 3.50. The maximum absolute atomic E-state index is 12.3. The average molecular weight is 271 g/mol. The Bertz CT molecular complexity index is 514. The van der Waals surface area contributed by atoms with Gasteiger partial charge < -0.3 is 15.5 Å². The van der Waals surface area contributed by atoms with Crippen molar-refractivity contribution in [3.8, 4) is 0 Å². The van der Waals surface area contributed by atoms with Crippen LogP contribution in [0.3, 0.4) is 0 Å². The second-order valence-corrected chi connectivity index (χ2v) is 4.90. The highest BCUT2D eigenvalue weighted by molar-refractivity contribution is 5.85. The third-order valence-electron chi connectivity index (χ3n) is 3.50. The van der Waals surface area contributed by atoms with Gasteiger partial charge in [0.05, 0.1) is 17.9 Å². The maximum atomic E-state index is 12.3. The van der Waals surface area contributed by atoms with Crippen LogP contribution in [0.1, 0.15) is 5.56 Å². The molecule has 1 aliphatic heterocycles. The number of amides is 1. The zero-order valence-electron chi connectivity index (χ0n) is 11.7. The van der Waals surface area contributed by atoms with Crippen molar-refractivity contribution in [2.75, 3.05) is 36.8 Å². The minimum atomic E-state index is 0.0703. The summed E-state index contributed by atoms with van der Waals surface area (Å²) in [6.07, 6.45) is 4.40. The molecule has 1 aromatic carbocycles. The van der Waals surface area contributed by atoms with E-state index in [2.05, 4.69) is 24.1 Å². The first kappa shape index (κ1) is 14.2. The molecular weight excluding hydrogens is 250 g/mol. The normalized spacial score (nSPS) is 12.9. The highest BCUT2D eigenvalue weighted by atomic mass is 16.2. The summed E-state index contributed by atoms with van der Waals surface area (Å²) in [7, 11) is 0. The van der Waals surface area contributed by atoms with Crippen molar-refractivity contribution in [2.45, 2.75) is 6.42 Å². The van der Waals surface area contributed by atoms with Crippen LogP contribution in [0, 0.1) is 0 Å². The van der Waals surface area contributed by atoms with Crippen LogP contribution in [0.25, 0.3) is 0 Å². The van der Waals surface area contributed by atoms with Crippen molar-refractivity contribution in [3.05, 3.63) is 49.1 Å². The quantitative estimate of drug-likeness (QED) is 0.634. The van der Waals surface area contributed by atoms with Crippen LogP contribution < -0.4 is 10.6 Å². The lowest BCUT2D eigenvalue weighted by Gasteiger charge is -2.25. The fourth-order valence-corrected chi connectivity index (χ4v) is 2.58.